The van der Waals surface area contributed by atoms with Crippen LogP contribution in [0.15, 0.2) is 42.5 Å². The fourth-order valence-electron chi connectivity index (χ4n) is 1.64. The maximum Gasteiger partial charge on any atom is 0.416 e. The second kappa shape index (κ2) is 5.13. The van der Waals surface area contributed by atoms with Gasteiger partial charge in [-0.15, -0.1) is 0 Å². The highest BCUT2D eigenvalue weighted by Gasteiger charge is 2.29. The normalized spacial score (nSPS) is 10.9. The molecule has 3 nitrogen and oxygen atoms in total. The molecule has 2 rings (SSSR count). The molecule has 0 bridgehead atoms. The summed E-state index contributed by atoms with van der Waals surface area (Å²) in [6, 6.07) is 11.3. The van der Waals surface area contributed by atoms with Crippen molar-refractivity contribution in [2.45, 2.75) is 6.18 Å². The van der Waals surface area contributed by atoms with Crippen LogP contribution in [0.25, 0.3) is 0 Å². The molecule has 0 amide bonds. The van der Waals surface area contributed by atoms with Crippen LogP contribution in [0, 0.1) is 11.3 Å². The van der Waals surface area contributed by atoms with E-state index < -0.39 is 11.7 Å². The number of benzene rings is 2. The zero-order valence-corrected chi connectivity index (χ0v) is 10.2. The van der Waals surface area contributed by atoms with Crippen molar-refractivity contribution in [1.29, 1.82) is 5.26 Å². The van der Waals surface area contributed by atoms with Crippen molar-refractivity contribution in [2.75, 3.05) is 11.1 Å². The van der Waals surface area contributed by atoms with E-state index in [0.29, 0.717) is 22.6 Å². The Morgan fingerprint density at radius 2 is 1.60 bits per heavy atom. The van der Waals surface area contributed by atoms with Gasteiger partial charge < -0.3 is 11.1 Å². The van der Waals surface area contributed by atoms with Crippen molar-refractivity contribution in [3.63, 3.8) is 0 Å². The van der Waals surface area contributed by atoms with Gasteiger partial charge in [0.2, 0.25) is 0 Å². The van der Waals surface area contributed by atoms with Gasteiger partial charge in [0.25, 0.3) is 0 Å². The van der Waals surface area contributed by atoms with Crippen molar-refractivity contribution >= 4 is 17.1 Å². The predicted molar refractivity (Wildman–Crippen MR) is 70.3 cm³/mol. The summed E-state index contributed by atoms with van der Waals surface area (Å²) >= 11 is 0. The third-order valence-electron chi connectivity index (χ3n) is 2.67. The minimum absolute atomic E-state index is 0.307. The molecule has 2 aromatic rings. The first kappa shape index (κ1) is 13.7. The molecule has 0 radical (unpaired) electrons. The summed E-state index contributed by atoms with van der Waals surface area (Å²) in [5, 5.41) is 11.8. The maximum absolute atomic E-state index is 12.4. The van der Waals surface area contributed by atoms with E-state index in [4.69, 9.17) is 11.0 Å². The average molecular weight is 277 g/mol. The third-order valence-corrected chi connectivity index (χ3v) is 2.67. The fourth-order valence-corrected chi connectivity index (χ4v) is 1.64. The van der Waals surface area contributed by atoms with Gasteiger partial charge in [0.05, 0.1) is 11.1 Å². The molecule has 20 heavy (non-hydrogen) atoms. The summed E-state index contributed by atoms with van der Waals surface area (Å²) in [6.45, 7) is 0. The SMILES string of the molecule is N#Cc1cc(Nc2ccc(C(F)(F)F)cc2)ccc1N. The molecule has 0 aliphatic rings. The molecule has 0 aliphatic heterocycles. The maximum atomic E-state index is 12.4. The Bertz CT molecular complexity index is 655. The Hall–Kier alpha value is -2.68. The van der Waals surface area contributed by atoms with Gasteiger partial charge in [-0.05, 0) is 42.5 Å². The van der Waals surface area contributed by atoms with E-state index in [2.05, 4.69) is 5.32 Å². The van der Waals surface area contributed by atoms with Gasteiger partial charge in [-0.3, -0.25) is 0 Å². The molecule has 0 atom stereocenters. The highest BCUT2D eigenvalue weighted by atomic mass is 19.4. The predicted octanol–water partition coefficient (Wildman–Crippen LogP) is 3.90. The molecular formula is C14H10F3N3. The van der Waals surface area contributed by atoms with Crippen LogP contribution in [-0.4, -0.2) is 0 Å². The largest absolute Gasteiger partial charge is 0.416 e. The number of alkyl halides is 3. The van der Waals surface area contributed by atoms with Crippen LogP contribution in [0.2, 0.25) is 0 Å². The van der Waals surface area contributed by atoms with Crippen molar-refractivity contribution in [2.24, 2.45) is 0 Å². The van der Waals surface area contributed by atoms with Crippen LogP contribution in [0.4, 0.5) is 30.2 Å². The van der Waals surface area contributed by atoms with Gasteiger partial charge >= 0.3 is 6.18 Å². The molecule has 0 unspecified atom stereocenters. The monoisotopic (exact) mass is 277 g/mol. The molecule has 0 aromatic heterocycles. The van der Waals surface area contributed by atoms with Crippen LogP contribution in [-0.2, 0) is 6.18 Å². The molecule has 6 heteroatoms. The number of nitrogen functional groups attached to an aromatic ring is 1. The van der Waals surface area contributed by atoms with Gasteiger partial charge in [-0.1, -0.05) is 0 Å². The quantitative estimate of drug-likeness (QED) is 0.818. The summed E-state index contributed by atoms with van der Waals surface area (Å²) in [4.78, 5) is 0. The lowest BCUT2D eigenvalue weighted by atomic mass is 10.1. The molecule has 2 aromatic carbocycles. The first-order chi connectivity index (χ1) is 9.40. The number of rotatable bonds is 2. The van der Waals surface area contributed by atoms with Gasteiger partial charge in [-0.25, -0.2) is 0 Å². The minimum Gasteiger partial charge on any atom is -0.398 e. The van der Waals surface area contributed by atoms with Crippen LogP contribution in [0.5, 0.6) is 0 Å². The zero-order chi connectivity index (χ0) is 14.8. The van der Waals surface area contributed by atoms with Crippen molar-refractivity contribution in [3.05, 3.63) is 53.6 Å². The van der Waals surface area contributed by atoms with Crippen LogP contribution >= 0.6 is 0 Å². The van der Waals surface area contributed by atoms with E-state index in [1.165, 1.54) is 18.2 Å². The number of nitrogens with one attached hydrogen (secondary N) is 1. The summed E-state index contributed by atoms with van der Waals surface area (Å²) < 4.78 is 37.3. The number of halogens is 3. The Kier molecular flexibility index (Phi) is 3.53. The summed E-state index contributed by atoms with van der Waals surface area (Å²) in [7, 11) is 0. The molecule has 0 saturated heterocycles. The van der Waals surface area contributed by atoms with E-state index in [1.807, 2.05) is 6.07 Å². The smallest absolute Gasteiger partial charge is 0.398 e. The summed E-state index contributed by atoms with van der Waals surface area (Å²) in [6.07, 6.45) is -4.35. The van der Waals surface area contributed by atoms with Gasteiger partial charge in [0, 0.05) is 17.1 Å². The van der Waals surface area contributed by atoms with Crippen molar-refractivity contribution in [3.8, 4) is 6.07 Å². The number of nitriles is 1. The first-order valence-electron chi connectivity index (χ1n) is 5.64. The Balaban J connectivity index is 2.21. The van der Waals surface area contributed by atoms with E-state index in [1.54, 1.807) is 12.1 Å². The number of hydrogen-bond acceptors (Lipinski definition) is 3. The molecular weight excluding hydrogens is 267 g/mol. The van der Waals surface area contributed by atoms with E-state index >= 15 is 0 Å². The van der Waals surface area contributed by atoms with Crippen molar-refractivity contribution < 1.29 is 13.2 Å². The topological polar surface area (TPSA) is 61.8 Å². The molecule has 0 spiro atoms. The molecule has 102 valence electrons. The standard InChI is InChI=1S/C14H10F3N3/c15-14(16,17)10-1-3-11(4-2-10)20-12-5-6-13(19)9(7-12)8-18/h1-7,20H,19H2. The molecule has 0 aliphatic carbocycles. The highest BCUT2D eigenvalue weighted by Crippen LogP contribution is 2.30. The first-order valence-corrected chi connectivity index (χ1v) is 5.64. The van der Waals surface area contributed by atoms with Gasteiger partial charge in [-0.2, -0.15) is 18.4 Å². The Morgan fingerprint density at radius 1 is 1.00 bits per heavy atom. The Labute approximate surface area is 113 Å². The Morgan fingerprint density at radius 3 is 2.15 bits per heavy atom. The van der Waals surface area contributed by atoms with E-state index in [-0.39, 0.29) is 0 Å². The second-order valence-corrected chi connectivity index (χ2v) is 4.11. The van der Waals surface area contributed by atoms with Crippen LogP contribution < -0.4 is 11.1 Å². The zero-order valence-electron chi connectivity index (χ0n) is 10.2. The van der Waals surface area contributed by atoms with Crippen LogP contribution in [0.3, 0.4) is 0 Å². The molecule has 3 N–H and O–H groups in total. The lowest BCUT2D eigenvalue weighted by Gasteiger charge is -2.10. The number of hydrogen-bond donors (Lipinski definition) is 2. The van der Waals surface area contributed by atoms with E-state index in [9.17, 15) is 13.2 Å². The number of nitrogens with two attached hydrogens (primary N) is 1. The van der Waals surface area contributed by atoms with Crippen molar-refractivity contribution in [1.82, 2.24) is 0 Å². The lowest BCUT2D eigenvalue weighted by molar-refractivity contribution is -0.137. The molecule has 0 heterocycles. The molecule has 0 saturated carbocycles. The van der Waals surface area contributed by atoms with E-state index in [0.717, 1.165) is 12.1 Å². The number of anilines is 3. The summed E-state index contributed by atoms with van der Waals surface area (Å²) in [5.74, 6) is 0. The summed E-state index contributed by atoms with van der Waals surface area (Å²) in [5.41, 5.74) is 6.61. The second-order valence-electron chi connectivity index (χ2n) is 4.11. The minimum atomic E-state index is -4.35. The third kappa shape index (κ3) is 3.01. The highest BCUT2D eigenvalue weighted by molar-refractivity contribution is 5.67. The van der Waals surface area contributed by atoms with Crippen LogP contribution in [0.1, 0.15) is 11.1 Å². The average Bonchev–Trinajstić information content (AvgIpc) is 2.40. The van der Waals surface area contributed by atoms with Gasteiger partial charge in [0.15, 0.2) is 0 Å². The number of nitrogens with zero attached hydrogens (tertiary/aromatic N) is 1. The lowest BCUT2D eigenvalue weighted by Crippen LogP contribution is -2.04. The fraction of sp³-hybridized carbons (Fsp3) is 0.0714. The molecule has 0 fully saturated rings. The van der Waals surface area contributed by atoms with Gasteiger partial charge in [0.1, 0.15) is 6.07 Å².